The van der Waals surface area contributed by atoms with Crippen LogP contribution in [0.5, 0.6) is 0 Å². The molecule has 2 heterocycles. The predicted octanol–water partition coefficient (Wildman–Crippen LogP) is 4.06. The molecule has 0 aliphatic rings. The number of H-pyrrole nitrogens is 1. The minimum atomic E-state index is -0.701. The van der Waals surface area contributed by atoms with Crippen molar-refractivity contribution in [3.05, 3.63) is 69.5 Å². The van der Waals surface area contributed by atoms with Gasteiger partial charge in [0.2, 0.25) is 5.95 Å². The van der Waals surface area contributed by atoms with E-state index in [1.165, 1.54) is 18.3 Å². The van der Waals surface area contributed by atoms with Gasteiger partial charge in [0.15, 0.2) is 17.2 Å². The van der Waals surface area contributed by atoms with E-state index in [-0.39, 0.29) is 28.0 Å². The Morgan fingerprint density at radius 2 is 2.11 bits per heavy atom. The Hall–Kier alpha value is -3.90. The van der Waals surface area contributed by atoms with Gasteiger partial charge in [0.05, 0.1) is 23.0 Å². The van der Waals surface area contributed by atoms with Crippen LogP contribution in [0.2, 0.25) is 5.02 Å². The number of nitrogens with one attached hydrogen (secondary N) is 3. The van der Waals surface area contributed by atoms with Gasteiger partial charge >= 0.3 is 5.76 Å². The van der Waals surface area contributed by atoms with E-state index in [4.69, 9.17) is 21.3 Å². The number of aromatic amines is 1. The number of hydrogen-bond donors (Lipinski definition) is 3. The monoisotopic (exact) mass is 396 g/mol. The van der Waals surface area contributed by atoms with Crippen molar-refractivity contribution in [1.82, 2.24) is 15.0 Å². The van der Waals surface area contributed by atoms with Crippen LogP contribution in [0.1, 0.15) is 5.56 Å². The lowest BCUT2D eigenvalue weighted by Gasteiger charge is -2.11. The lowest BCUT2D eigenvalue weighted by molar-refractivity contribution is 0.555. The summed E-state index contributed by atoms with van der Waals surface area (Å²) in [6.45, 7) is 0. The average molecular weight is 397 g/mol. The van der Waals surface area contributed by atoms with Gasteiger partial charge in [-0.05, 0) is 30.3 Å². The SMILES string of the molecule is N#Cc1cccc(Nc2ncc(Cl)c(Nc3ccc4oc(=O)[nH]c4c3)n2)c1F. The highest BCUT2D eigenvalue weighted by Gasteiger charge is 2.11. The van der Waals surface area contributed by atoms with E-state index in [2.05, 4.69) is 25.6 Å². The third kappa shape index (κ3) is 3.36. The molecule has 0 aliphatic heterocycles. The van der Waals surface area contributed by atoms with Gasteiger partial charge in [-0.3, -0.25) is 4.98 Å². The van der Waals surface area contributed by atoms with E-state index < -0.39 is 11.6 Å². The van der Waals surface area contributed by atoms with Crippen LogP contribution in [-0.2, 0) is 0 Å². The second-order valence-electron chi connectivity index (χ2n) is 5.64. The van der Waals surface area contributed by atoms with E-state index in [1.807, 2.05) is 0 Å². The molecular weight excluding hydrogens is 387 g/mol. The molecule has 28 heavy (non-hydrogen) atoms. The molecule has 0 spiro atoms. The number of nitriles is 1. The maximum absolute atomic E-state index is 14.2. The summed E-state index contributed by atoms with van der Waals surface area (Å²) in [4.78, 5) is 22.1. The van der Waals surface area contributed by atoms with Gasteiger partial charge in [-0.2, -0.15) is 10.2 Å². The Kier molecular flexibility index (Phi) is 4.39. The summed E-state index contributed by atoms with van der Waals surface area (Å²) in [5.41, 5.74) is 1.48. The first-order valence-corrected chi connectivity index (χ1v) is 8.29. The number of rotatable bonds is 4. The topological polar surface area (TPSA) is 120 Å². The van der Waals surface area contributed by atoms with Crippen LogP contribution in [0.3, 0.4) is 0 Å². The third-order valence-electron chi connectivity index (χ3n) is 3.79. The van der Waals surface area contributed by atoms with Gasteiger partial charge in [0.25, 0.3) is 0 Å². The van der Waals surface area contributed by atoms with Crippen molar-refractivity contribution in [2.24, 2.45) is 0 Å². The molecule has 0 atom stereocenters. The zero-order valence-corrected chi connectivity index (χ0v) is 14.7. The summed E-state index contributed by atoms with van der Waals surface area (Å²) in [5.74, 6) is -0.910. The molecule has 4 aromatic rings. The fraction of sp³-hybridized carbons (Fsp3) is 0. The van der Waals surface area contributed by atoms with Gasteiger partial charge < -0.3 is 15.1 Å². The van der Waals surface area contributed by atoms with Crippen LogP contribution < -0.4 is 16.4 Å². The van der Waals surface area contributed by atoms with Gasteiger partial charge in [-0.1, -0.05) is 17.7 Å². The standard InChI is InChI=1S/C18H10ClFN6O2/c19-11-8-22-17(24-12-3-1-2-9(7-21)15(12)20)26-16(11)23-10-4-5-14-13(6-10)25-18(27)28-14/h1-6,8H,(H,25,27)(H2,22,23,24,26). The van der Waals surface area contributed by atoms with Gasteiger partial charge in [0, 0.05) is 5.69 Å². The van der Waals surface area contributed by atoms with E-state index in [9.17, 15) is 9.18 Å². The molecule has 0 unspecified atom stereocenters. The normalized spacial score (nSPS) is 10.6. The number of aromatic nitrogens is 3. The first-order valence-electron chi connectivity index (χ1n) is 7.91. The largest absolute Gasteiger partial charge is 0.417 e. The Bertz CT molecular complexity index is 1290. The number of nitrogens with zero attached hydrogens (tertiary/aromatic N) is 3. The molecule has 0 radical (unpaired) electrons. The Morgan fingerprint density at radius 3 is 2.93 bits per heavy atom. The van der Waals surface area contributed by atoms with Crippen LogP contribution >= 0.6 is 11.6 Å². The molecule has 2 aromatic heterocycles. The molecule has 3 N–H and O–H groups in total. The van der Waals surface area contributed by atoms with Crippen LogP contribution in [0.15, 0.2) is 51.8 Å². The number of anilines is 4. The van der Waals surface area contributed by atoms with Crippen LogP contribution in [-0.4, -0.2) is 15.0 Å². The third-order valence-corrected chi connectivity index (χ3v) is 4.07. The second-order valence-corrected chi connectivity index (χ2v) is 6.05. The summed E-state index contributed by atoms with van der Waals surface area (Å²) in [5, 5.41) is 14.9. The minimum absolute atomic E-state index is 0.0599. The summed E-state index contributed by atoms with van der Waals surface area (Å²) in [6.07, 6.45) is 1.35. The van der Waals surface area contributed by atoms with Crippen molar-refractivity contribution < 1.29 is 8.81 Å². The highest BCUT2D eigenvalue weighted by molar-refractivity contribution is 6.32. The molecule has 10 heteroatoms. The molecule has 2 aromatic carbocycles. The summed E-state index contributed by atoms with van der Waals surface area (Å²) >= 11 is 6.14. The molecule has 8 nitrogen and oxygen atoms in total. The molecule has 0 saturated carbocycles. The van der Waals surface area contributed by atoms with Gasteiger partial charge in [-0.25, -0.2) is 14.2 Å². The fourth-order valence-electron chi connectivity index (χ4n) is 2.52. The molecule has 0 amide bonds. The summed E-state index contributed by atoms with van der Waals surface area (Å²) in [7, 11) is 0. The van der Waals surface area contributed by atoms with Crippen molar-refractivity contribution >= 4 is 45.8 Å². The Balaban J connectivity index is 1.63. The molecule has 0 bridgehead atoms. The summed E-state index contributed by atoms with van der Waals surface area (Å²) < 4.78 is 19.2. The molecule has 0 aliphatic carbocycles. The van der Waals surface area contributed by atoms with Gasteiger partial charge in [0.1, 0.15) is 11.1 Å². The number of hydrogen-bond acceptors (Lipinski definition) is 7. The van der Waals surface area contributed by atoms with Crippen LogP contribution in [0.25, 0.3) is 11.1 Å². The van der Waals surface area contributed by atoms with E-state index in [0.717, 1.165) is 0 Å². The number of benzene rings is 2. The first-order chi connectivity index (χ1) is 13.5. The van der Waals surface area contributed by atoms with Crippen molar-refractivity contribution in [3.63, 3.8) is 0 Å². The predicted molar refractivity (Wildman–Crippen MR) is 102 cm³/mol. The lowest BCUT2D eigenvalue weighted by Crippen LogP contribution is -2.03. The van der Waals surface area contributed by atoms with E-state index in [0.29, 0.717) is 16.8 Å². The van der Waals surface area contributed by atoms with Crippen LogP contribution in [0, 0.1) is 17.1 Å². The van der Waals surface area contributed by atoms with Gasteiger partial charge in [-0.15, -0.1) is 0 Å². The van der Waals surface area contributed by atoms with Crippen molar-refractivity contribution in [2.45, 2.75) is 0 Å². The van der Waals surface area contributed by atoms with Crippen molar-refractivity contribution in [2.75, 3.05) is 10.6 Å². The van der Waals surface area contributed by atoms with Crippen LogP contribution in [0.4, 0.5) is 27.5 Å². The molecule has 138 valence electrons. The second kappa shape index (κ2) is 7.02. The summed E-state index contributed by atoms with van der Waals surface area (Å²) in [6, 6.07) is 11.1. The van der Waals surface area contributed by atoms with Crippen molar-refractivity contribution in [1.29, 1.82) is 5.26 Å². The van der Waals surface area contributed by atoms with E-state index in [1.54, 1.807) is 30.3 Å². The van der Waals surface area contributed by atoms with Crippen molar-refractivity contribution in [3.8, 4) is 6.07 Å². The van der Waals surface area contributed by atoms with E-state index >= 15 is 0 Å². The Morgan fingerprint density at radius 1 is 1.25 bits per heavy atom. The highest BCUT2D eigenvalue weighted by Crippen LogP contribution is 2.27. The smallest absolute Gasteiger partial charge is 0.408 e. The number of oxazole rings is 1. The Labute approximate surface area is 161 Å². The molecule has 0 saturated heterocycles. The fourth-order valence-corrected chi connectivity index (χ4v) is 2.66. The zero-order chi connectivity index (χ0) is 19.7. The average Bonchev–Trinajstić information content (AvgIpc) is 3.05. The maximum Gasteiger partial charge on any atom is 0.417 e. The highest BCUT2D eigenvalue weighted by atomic mass is 35.5. The molecule has 4 rings (SSSR count). The lowest BCUT2D eigenvalue weighted by atomic mass is 10.2. The maximum atomic E-state index is 14.2. The first kappa shape index (κ1) is 17.5. The molecular formula is C18H10ClFN6O2. The zero-order valence-electron chi connectivity index (χ0n) is 14.0. The quantitative estimate of drug-likeness (QED) is 0.475. The molecule has 0 fully saturated rings. The number of halogens is 2. The number of fused-ring (bicyclic) bond motifs is 1. The minimum Gasteiger partial charge on any atom is -0.408 e.